The first-order valence-electron chi connectivity index (χ1n) is 6.96. The summed E-state index contributed by atoms with van der Waals surface area (Å²) in [6, 6.07) is 9.96. The Kier molecular flexibility index (Phi) is 6.27. The molecule has 1 saturated heterocycles. The third kappa shape index (κ3) is 4.87. The van der Waals surface area contributed by atoms with E-state index in [9.17, 15) is 4.79 Å². The van der Waals surface area contributed by atoms with Crippen molar-refractivity contribution >= 4 is 35.2 Å². The van der Waals surface area contributed by atoms with Gasteiger partial charge in [-0.2, -0.15) is 17.0 Å². The molecule has 0 aromatic heterocycles. The molecule has 0 spiro atoms. The maximum absolute atomic E-state index is 12.3. The first-order valence-corrected chi connectivity index (χ1v) is 9.10. The second-order valence-electron chi connectivity index (χ2n) is 4.87. The van der Waals surface area contributed by atoms with E-state index in [1.54, 1.807) is 11.8 Å². The lowest BCUT2D eigenvalue weighted by Crippen LogP contribution is -2.40. The zero-order valence-corrected chi connectivity index (χ0v) is 13.7. The molecule has 0 bridgehead atoms. The van der Waals surface area contributed by atoms with Gasteiger partial charge in [0.2, 0.25) is 0 Å². The van der Waals surface area contributed by atoms with Gasteiger partial charge in [-0.1, -0.05) is 12.1 Å². The molecule has 1 aromatic carbocycles. The van der Waals surface area contributed by atoms with Gasteiger partial charge in [-0.15, -0.1) is 11.8 Å². The Morgan fingerprint density at radius 2 is 2.19 bits per heavy atom. The van der Waals surface area contributed by atoms with Gasteiger partial charge < -0.3 is 10.2 Å². The minimum atomic E-state index is -0.0309. The van der Waals surface area contributed by atoms with E-state index in [1.807, 2.05) is 47.9 Å². The van der Waals surface area contributed by atoms with Gasteiger partial charge in [0, 0.05) is 35.2 Å². The van der Waals surface area contributed by atoms with Gasteiger partial charge in [0.1, 0.15) is 0 Å². The third-order valence-electron chi connectivity index (χ3n) is 3.14. The average Bonchev–Trinajstić information content (AvgIpc) is 2.54. The first kappa shape index (κ1) is 16.1. The summed E-state index contributed by atoms with van der Waals surface area (Å²) in [7, 11) is 0. The fraction of sp³-hybridized carbons (Fsp3) is 0.467. The molecule has 1 heterocycles. The van der Waals surface area contributed by atoms with E-state index < -0.39 is 0 Å². The van der Waals surface area contributed by atoms with Gasteiger partial charge in [-0.05, 0) is 19.1 Å². The van der Waals surface area contributed by atoms with Crippen molar-refractivity contribution in [3.05, 3.63) is 24.3 Å². The van der Waals surface area contributed by atoms with Crippen molar-refractivity contribution in [1.82, 2.24) is 4.90 Å². The van der Waals surface area contributed by atoms with Crippen molar-refractivity contribution in [3.8, 4) is 6.07 Å². The van der Waals surface area contributed by atoms with Crippen molar-refractivity contribution in [2.75, 3.05) is 35.7 Å². The van der Waals surface area contributed by atoms with Gasteiger partial charge >= 0.3 is 6.03 Å². The Bertz CT molecular complexity index is 524. The number of hydrogen-bond donors (Lipinski definition) is 1. The van der Waals surface area contributed by atoms with E-state index in [0.29, 0.717) is 0 Å². The number of rotatable bonds is 4. The fourth-order valence-corrected chi connectivity index (χ4v) is 3.77. The largest absolute Gasteiger partial charge is 0.323 e. The number of carbonyl (C=O) groups excluding carboxylic acids is 1. The van der Waals surface area contributed by atoms with Gasteiger partial charge in [0.25, 0.3) is 0 Å². The molecule has 112 valence electrons. The third-order valence-corrected chi connectivity index (χ3v) is 5.41. The molecular formula is C15H19N3OS2. The Labute approximate surface area is 134 Å². The van der Waals surface area contributed by atoms with Crippen molar-refractivity contribution in [1.29, 1.82) is 5.26 Å². The summed E-state index contributed by atoms with van der Waals surface area (Å²) in [4.78, 5) is 15.1. The lowest BCUT2D eigenvalue weighted by Gasteiger charge is -2.27. The van der Waals surface area contributed by atoms with E-state index in [-0.39, 0.29) is 11.9 Å². The van der Waals surface area contributed by atoms with Crippen LogP contribution in [0, 0.1) is 17.2 Å². The Balaban J connectivity index is 1.98. The highest BCUT2D eigenvalue weighted by Gasteiger charge is 2.17. The zero-order chi connectivity index (χ0) is 15.1. The zero-order valence-electron chi connectivity index (χ0n) is 12.0. The first-order chi connectivity index (χ1) is 10.2. The van der Waals surface area contributed by atoms with Crippen molar-refractivity contribution in [2.45, 2.75) is 11.8 Å². The smallest absolute Gasteiger partial charge is 0.321 e. The molecule has 4 nitrogen and oxygen atoms in total. The molecule has 0 saturated carbocycles. The number of benzene rings is 1. The highest BCUT2D eigenvalue weighted by atomic mass is 32.2. The molecule has 1 N–H and O–H groups in total. The molecule has 6 heteroatoms. The van der Waals surface area contributed by atoms with Gasteiger partial charge in [0.15, 0.2) is 0 Å². The van der Waals surface area contributed by atoms with Crippen LogP contribution in [-0.4, -0.2) is 41.3 Å². The van der Waals surface area contributed by atoms with Crippen LogP contribution in [0.15, 0.2) is 29.2 Å². The highest BCUT2D eigenvalue weighted by Crippen LogP contribution is 2.28. The molecule has 1 aliphatic rings. The molecule has 1 atom stereocenters. The van der Waals surface area contributed by atoms with Gasteiger partial charge in [-0.25, -0.2) is 4.79 Å². The van der Waals surface area contributed by atoms with E-state index in [1.165, 1.54) is 0 Å². The number of carbonyl (C=O) groups is 1. The predicted octanol–water partition coefficient (Wildman–Crippen LogP) is 3.52. The lowest BCUT2D eigenvalue weighted by atomic mass is 10.3. The van der Waals surface area contributed by atoms with Crippen molar-refractivity contribution in [2.24, 2.45) is 5.92 Å². The average molecular weight is 321 g/mol. The summed E-state index contributed by atoms with van der Waals surface area (Å²) in [5, 5.41) is 11.9. The molecule has 1 aliphatic heterocycles. The SMILES string of the molecule is CC(C#N)CSc1ccccc1NC(=O)N1CCSCC1. The van der Waals surface area contributed by atoms with Crippen molar-refractivity contribution in [3.63, 3.8) is 0 Å². The molecule has 0 aliphatic carbocycles. The second kappa shape index (κ2) is 8.20. The highest BCUT2D eigenvalue weighted by molar-refractivity contribution is 7.99. The summed E-state index contributed by atoms with van der Waals surface area (Å²) in [6.45, 7) is 3.51. The quantitative estimate of drug-likeness (QED) is 0.862. The summed E-state index contributed by atoms with van der Waals surface area (Å²) < 4.78 is 0. The lowest BCUT2D eigenvalue weighted by molar-refractivity contribution is 0.217. The van der Waals surface area contributed by atoms with E-state index in [4.69, 9.17) is 5.26 Å². The van der Waals surface area contributed by atoms with Crippen LogP contribution in [0.2, 0.25) is 0 Å². The number of thioether (sulfide) groups is 2. The predicted molar refractivity (Wildman–Crippen MR) is 89.9 cm³/mol. The minimum Gasteiger partial charge on any atom is -0.323 e. The van der Waals surface area contributed by atoms with Crippen LogP contribution in [0.25, 0.3) is 0 Å². The van der Waals surface area contributed by atoms with Crippen LogP contribution in [0.5, 0.6) is 0 Å². The summed E-state index contributed by atoms with van der Waals surface area (Å²) >= 11 is 3.49. The summed E-state index contributed by atoms with van der Waals surface area (Å²) in [5.41, 5.74) is 0.830. The monoisotopic (exact) mass is 321 g/mol. The number of nitrogens with zero attached hydrogens (tertiary/aromatic N) is 2. The number of para-hydroxylation sites is 1. The molecule has 2 rings (SSSR count). The van der Waals surface area contributed by atoms with E-state index in [0.717, 1.165) is 40.9 Å². The van der Waals surface area contributed by atoms with Crippen LogP contribution in [0.3, 0.4) is 0 Å². The molecule has 1 aromatic rings. The van der Waals surface area contributed by atoms with Crippen LogP contribution in [-0.2, 0) is 0 Å². The van der Waals surface area contributed by atoms with Crippen LogP contribution >= 0.6 is 23.5 Å². The normalized spacial score (nSPS) is 16.1. The summed E-state index contributed by atoms with van der Waals surface area (Å²) in [6.07, 6.45) is 0. The van der Waals surface area contributed by atoms with E-state index >= 15 is 0 Å². The van der Waals surface area contributed by atoms with Crippen LogP contribution in [0.1, 0.15) is 6.92 Å². The number of nitriles is 1. The maximum Gasteiger partial charge on any atom is 0.321 e. The second-order valence-corrected chi connectivity index (χ2v) is 7.15. The van der Waals surface area contributed by atoms with Gasteiger partial charge in [-0.3, -0.25) is 0 Å². The summed E-state index contributed by atoms with van der Waals surface area (Å²) in [5.74, 6) is 2.73. The number of amides is 2. The number of urea groups is 1. The number of anilines is 1. The molecule has 0 radical (unpaired) electrons. The maximum atomic E-state index is 12.3. The minimum absolute atomic E-state index is 0.00197. The molecule has 1 fully saturated rings. The standard InChI is InChI=1S/C15H19N3OS2/c1-12(10-16)11-21-14-5-3-2-4-13(14)17-15(19)18-6-8-20-9-7-18/h2-5,12H,6-9,11H2,1H3,(H,17,19). The molecule has 2 amide bonds. The molecular weight excluding hydrogens is 302 g/mol. The Hall–Kier alpha value is -1.32. The number of nitrogens with one attached hydrogen (secondary N) is 1. The van der Waals surface area contributed by atoms with Crippen LogP contribution < -0.4 is 5.32 Å². The fourth-order valence-electron chi connectivity index (χ4n) is 1.91. The topological polar surface area (TPSA) is 56.1 Å². The Morgan fingerprint density at radius 1 is 1.48 bits per heavy atom. The molecule has 1 unspecified atom stereocenters. The number of hydrogen-bond acceptors (Lipinski definition) is 4. The van der Waals surface area contributed by atoms with E-state index in [2.05, 4.69) is 11.4 Å². The Morgan fingerprint density at radius 3 is 2.90 bits per heavy atom. The van der Waals surface area contributed by atoms with Gasteiger partial charge in [0.05, 0.1) is 17.7 Å². The molecule has 21 heavy (non-hydrogen) atoms. The van der Waals surface area contributed by atoms with Crippen LogP contribution in [0.4, 0.5) is 10.5 Å². The van der Waals surface area contributed by atoms with Crippen molar-refractivity contribution < 1.29 is 4.79 Å².